The molecule has 2 aromatic carbocycles. The van der Waals surface area contributed by atoms with Crippen LogP contribution in [0.3, 0.4) is 0 Å². The molecule has 2 unspecified atom stereocenters. The molecule has 5 rings (SSSR count). The molecule has 1 amide bonds. The molecule has 2 atom stereocenters. The van der Waals surface area contributed by atoms with Crippen LogP contribution in [0, 0.1) is 0 Å². The van der Waals surface area contributed by atoms with Crippen LogP contribution in [0.1, 0.15) is 101 Å². The first-order valence-electron chi connectivity index (χ1n) is 15.2. The summed E-state index contributed by atoms with van der Waals surface area (Å²) in [7, 11) is 0. The molecule has 2 aliphatic heterocycles. The topological polar surface area (TPSA) is 38.8 Å². The highest BCUT2D eigenvalue weighted by Crippen LogP contribution is 2.44. The van der Waals surface area contributed by atoms with Gasteiger partial charge in [0, 0.05) is 5.92 Å². The van der Waals surface area contributed by atoms with Crippen molar-refractivity contribution in [2.24, 2.45) is 0 Å². The molecule has 4 heteroatoms. The molecular formula is C34H45NO3. The second-order valence-corrected chi connectivity index (χ2v) is 11.4. The minimum atomic E-state index is -0.195. The Hall–Kier alpha value is -2.59. The predicted molar refractivity (Wildman–Crippen MR) is 154 cm³/mol. The van der Waals surface area contributed by atoms with Crippen LogP contribution in [0.2, 0.25) is 0 Å². The monoisotopic (exact) mass is 515 g/mol. The van der Waals surface area contributed by atoms with E-state index in [4.69, 9.17) is 9.47 Å². The fourth-order valence-corrected chi connectivity index (χ4v) is 6.66. The van der Waals surface area contributed by atoms with Crippen molar-refractivity contribution in [2.45, 2.75) is 102 Å². The Morgan fingerprint density at radius 3 is 2.08 bits per heavy atom. The van der Waals surface area contributed by atoms with Gasteiger partial charge < -0.3 is 9.47 Å². The highest BCUT2D eigenvalue weighted by molar-refractivity contribution is 5.79. The Balaban J connectivity index is 1.10. The number of hydrogen-bond acceptors (Lipinski definition) is 3. The molecule has 0 spiro atoms. The lowest BCUT2D eigenvalue weighted by Gasteiger charge is -2.44. The number of benzene rings is 2. The molecule has 4 nitrogen and oxygen atoms in total. The van der Waals surface area contributed by atoms with Crippen molar-refractivity contribution in [1.29, 1.82) is 0 Å². The standard InChI is InChI=1S/C34H45NO3/c1-2-3-4-5-6-7-8-9-10-11-16-26-21-27-23-37-24-28(22-26)35(27)34(36)38-25-33-31-19-14-12-17-29(31)30-18-13-15-20-32(30)33/h12-15,17-21,27-28,33H,2-11,16,22-25H2,1H3. The maximum atomic E-state index is 13.4. The third-order valence-electron chi connectivity index (χ3n) is 8.67. The number of hydrogen-bond donors (Lipinski definition) is 0. The van der Waals surface area contributed by atoms with Crippen LogP contribution in [0.15, 0.2) is 60.2 Å². The van der Waals surface area contributed by atoms with Gasteiger partial charge in [-0.05, 0) is 41.5 Å². The Morgan fingerprint density at radius 2 is 1.45 bits per heavy atom. The van der Waals surface area contributed by atoms with E-state index in [1.807, 2.05) is 4.90 Å². The molecule has 1 fully saturated rings. The number of carbonyl (C=O) groups is 1. The summed E-state index contributed by atoms with van der Waals surface area (Å²) in [6, 6.07) is 17.1. The first kappa shape index (κ1) is 27.0. The summed E-state index contributed by atoms with van der Waals surface area (Å²) in [4.78, 5) is 15.3. The van der Waals surface area contributed by atoms with Gasteiger partial charge in [0.05, 0.1) is 25.3 Å². The van der Waals surface area contributed by atoms with Crippen molar-refractivity contribution in [3.8, 4) is 11.1 Å². The van der Waals surface area contributed by atoms with Crippen LogP contribution in [0.4, 0.5) is 4.79 Å². The summed E-state index contributed by atoms with van der Waals surface area (Å²) in [6.07, 6.45) is 17.8. The highest BCUT2D eigenvalue weighted by atomic mass is 16.6. The third-order valence-corrected chi connectivity index (χ3v) is 8.67. The fourth-order valence-electron chi connectivity index (χ4n) is 6.66. The third kappa shape index (κ3) is 6.34. The molecule has 2 aromatic rings. The first-order chi connectivity index (χ1) is 18.8. The molecule has 1 aliphatic carbocycles. The first-order valence-corrected chi connectivity index (χ1v) is 15.2. The molecule has 204 valence electrons. The average Bonchev–Trinajstić information content (AvgIpc) is 3.26. The van der Waals surface area contributed by atoms with E-state index < -0.39 is 0 Å². The van der Waals surface area contributed by atoms with Crippen LogP contribution in [-0.2, 0) is 9.47 Å². The number of carbonyl (C=O) groups excluding carboxylic acids is 1. The average molecular weight is 516 g/mol. The van der Waals surface area contributed by atoms with E-state index >= 15 is 0 Å². The van der Waals surface area contributed by atoms with Gasteiger partial charge in [0.25, 0.3) is 0 Å². The number of ether oxygens (including phenoxy) is 2. The molecule has 3 aliphatic rings. The summed E-state index contributed by atoms with van der Waals surface area (Å²) in [6.45, 7) is 3.83. The second-order valence-electron chi connectivity index (χ2n) is 11.4. The fraction of sp³-hybridized carbons (Fsp3) is 0.559. The van der Waals surface area contributed by atoms with E-state index in [-0.39, 0.29) is 24.1 Å². The maximum absolute atomic E-state index is 13.4. The molecule has 0 radical (unpaired) electrons. The number of fused-ring (bicyclic) bond motifs is 5. The van der Waals surface area contributed by atoms with E-state index in [0.29, 0.717) is 19.8 Å². The van der Waals surface area contributed by atoms with Crippen molar-refractivity contribution < 1.29 is 14.3 Å². The van der Waals surface area contributed by atoms with Crippen molar-refractivity contribution in [2.75, 3.05) is 19.8 Å². The van der Waals surface area contributed by atoms with Crippen LogP contribution < -0.4 is 0 Å². The lowest BCUT2D eigenvalue weighted by atomic mass is 9.91. The molecule has 2 heterocycles. The van der Waals surface area contributed by atoms with Gasteiger partial charge in [-0.3, -0.25) is 4.90 Å². The molecule has 1 saturated heterocycles. The number of rotatable bonds is 13. The zero-order valence-electron chi connectivity index (χ0n) is 23.2. The van der Waals surface area contributed by atoms with Gasteiger partial charge in [-0.25, -0.2) is 4.79 Å². The molecular weight excluding hydrogens is 470 g/mol. The van der Waals surface area contributed by atoms with Gasteiger partial charge in [-0.2, -0.15) is 0 Å². The Kier molecular flexibility index (Phi) is 9.57. The number of nitrogens with zero attached hydrogens (tertiary/aromatic N) is 1. The summed E-state index contributed by atoms with van der Waals surface area (Å²) < 4.78 is 11.9. The lowest BCUT2D eigenvalue weighted by molar-refractivity contribution is -0.0365. The summed E-state index contributed by atoms with van der Waals surface area (Å²) in [5, 5.41) is 0. The summed E-state index contributed by atoms with van der Waals surface area (Å²) in [5.41, 5.74) is 6.52. The van der Waals surface area contributed by atoms with Crippen molar-refractivity contribution in [3.05, 3.63) is 71.3 Å². The predicted octanol–water partition coefficient (Wildman–Crippen LogP) is 8.65. The van der Waals surface area contributed by atoms with E-state index in [9.17, 15) is 4.79 Å². The van der Waals surface area contributed by atoms with Crippen molar-refractivity contribution in [3.63, 3.8) is 0 Å². The van der Waals surface area contributed by atoms with Gasteiger partial charge >= 0.3 is 6.09 Å². The lowest BCUT2D eigenvalue weighted by Crippen LogP contribution is -2.56. The Labute approximate surface area is 229 Å². The van der Waals surface area contributed by atoms with E-state index in [2.05, 4.69) is 61.5 Å². The van der Waals surface area contributed by atoms with Gasteiger partial charge in [0.15, 0.2) is 0 Å². The summed E-state index contributed by atoms with van der Waals surface area (Å²) >= 11 is 0. The van der Waals surface area contributed by atoms with Crippen LogP contribution in [-0.4, -0.2) is 42.9 Å². The number of morpholine rings is 1. The van der Waals surface area contributed by atoms with E-state index in [1.54, 1.807) is 0 Å². The smallest absolute Gasteiger partial charge is 0.410 e. The SMILES string of the molecule is CCCCCCCCCCCCC1=CC2COCC(C1)N2C(=O)OCC1c2ccccc2-c2ccccc21. The summed E-state index contributed by atoms with van der Waals surface area (Å²) in [5.74, 6) is 0.0923. The van der Waals surface area contributed by atoms with Gasteiger partial charge in [-0.15, -0.1) is 0 Å². The highest BCUT2D eigenvalue weighted by Gasteiger charge is 2.39. The molecule has 2 bridgehead atoms. The van der Waals surface area contributed by atoms with E-state index in [1.165, 1.54) is 92.0 Å². The van der Waals surface area contributed by atoms with Crippen LogP contribution in [0.5, 0.6) is 0 Å². The molecule has 0 N–H and O–H groups in total. The maximum Gasteiger partial charge on any atom is 0.410 e. The Morgan fingerprint density at radius 1 is 0.842 bits per heavy atom. The minimum absolute atomic E-state index is 0.00345. The molecule has 0 saturated carbocycles. The van der Waals surface area contributed by atoms with Crippen LogP contribution >= 0.6 is 0 Å². The zero-order valence-corrected chi connectivity index (χ0v) is 23.2. The van der Waals surface area contributed by atoms with E-state index in [0.717, 1.165) is 12.8 Å². The largest absolute Gasteiger partial charge is 0.448 e. The van der Waals surface area contributed by atoms with Gasteiger partial charge in [0.1, 0.15) is 6.61 Å². The Bertz CT molecular complexity index is 1050. The number of unbranched alkanes of at least 4 members (excludes halogenated alkanes) is 9. The minimum Gasteiger partial charge on any atom is -0.448 e. The van der Waals surface area contributed by atoms with Gasteiger partial charge in [0.2, 0.25) is 0 Å². The normalized spacial score (nSPS) is 20.1. The van der Waals surface area contributed by atoms with Crippen molar-refractivity contribution in [1.82, 2.24) is 4.90 Å². The molecule has 38 heavy (non-hydrogen) atoms. The molecule has 0 aromatic heterocycles. The van der Waals surface area contributed by atoms with Gasteiger partial charge in [-0.1, -0.05) is 125 Å². The van der Waals surface area contributed by atoms with Crippen molar-refractivity contribution >= 4 is 6.09 Å². The quantitative estimate of drug-likeness (QED) is 0.198. The van der Waals surface area contributed by atoms with Crippen LogP contribution in [0.25, 0.3) is 11.1 Å². The zero-order chi connectivity index (χ0) is 26.2. The number of amides is 1. The second kappa shape index (κ2) is 13.5.